The van der Waals surface area contributed by atoms with Crippen LogP contribution in [-0.4, -0.2) is 55.0 Å². The number of hydrogen-bond acceptors (Lipinski definition) is 5. The van der Waals surface area contributed by atoms with Gasteiger partial charge in [0.15, 0.2) is 5.78 Å². The molecule has 2 heterocycles. The van der Waals surface area contributed by atoms with Crippen LogP contribution in [0.5, 0.6) is 5.75 Å². The van der Waals surface area contributed by atoms with E-state index in [1.807, 2.05) is 0 Å². The summed E-state index contributed by atoms with van der Waals surface area (Å²) >= 11 is 5.91. The molecule has 2 aliphatic heterocycles. The van der Waals surface area contributed by atoms with Gasteiger partial charge in [0.2, 0.25) is 0 Å². The number of likely N-dealkylation sites (N-methyl/N-ethyl adjacent to an activating group) is 1. The Kier molecular flexibility index (Phi) is 7.50. The summed E-state index contributed by atoms with van der Waals surface area (Å²) in [5, 5.41) is 6.52. The van der Waals surface area contributed by atoms with Gasteiger partial charge < -0.3 is 15.4 Å². The number of nitrogens with one attached hydrogen (secondary N) is 2. The van der Waals surface area contributed by atoms with Crippen molar-refractivity contribution < 1.29 is 23.1 Å². The maximum atomic E-state index is 14.4. The van der Waals surface area contributed by atoms with Gasteiger partial charge in [-0.2, -0.15) is 0 Å². The first-order valence-corrected chi connectivity index (χ1v) is 11.9. The van der Waals surface area contributed by atoms with E-state index >= 15 is 0 Å². The minimum absolute atomic E-state index is 0.00643. The van der Waals surface area contributed by atoms with Crippen LogP contribution in [0.25, 0.3) is 0 Å². The number of halogens is 3. The Morgan fingerprint density at radius 1 is 1.12 bits per heavy atom. The van der Waals surface area contributed by atoms with Gasteiger partial charge in [-0.15, -0.1) is 0 Å². The first kappa shape index (κ1) is 24.6. The number of carbonyl (C=O) groups excluding carboxylic acids is 2. The third-order valence-corrected chi connectivity index (χ3v) is 7.15. The molecule has 2 saturated heterocycles. The summed E-state index contributed by atoms with van der Waals surface area (Å²) in [6, 6.07) is 9.63. The molecule has 0 aliphatic carbocycles. The summed E-state index contributed by atoms with van der Waals surface area (Å²) in [5.74, 6) is -1.65. The number of amides is 1. The highest BCUT2D eigenvalue weighted by Gasteiger charge is 2.57. The number of benzene rings is 2. The fourth-order valence-electron chi connectivity index (χ4n) is 5.17. The second kappa shape index (κ2) is 10.4. The predicted molar refractivity (Wildman–Crippen MR) is 125 cm³/mol. The number of rotatable bonds is 6. The number of nitrogens with zero attached hydrogens (tertiary/aromatic N) is 1. The highest BCUT2D eigenvalue weighted by atomic mass is 35.5. The molecule has 0 spiro atoms. The van der Waals surface area contributed by atoms with Gasteiger partial charge in [-0.05, 0) is 74.8 Å². The van der Waals surface area contributed by atoms with Gasteiger partial charge in [0, 0.05) is 31.5 Å². The van der Waals surface area contributed by atoms with Crippen LogP contribution in [0.15, 0.2) is 42.5 Å². The lowest BCUT2D eigenvalue weighted by Crippen LogP contribution is -2.63. The zero-order chi connectivity index (χ0) is 24.3. The minimum Gasteiger partial charge on any atom is -0.410 e. The maximum Gasteiger partial charge on any atom is 0.416 e. The van der Waals surface area contributed by atoms with Crippen molar-refractivity contribution in [3.63, 3.8) is 0 Å². The molecule has 0 unspecified atom stereocenters. The number of carbonyl (C=O) groups is 2. The van der Waals surface area contributed by atoms with Gasteiger partial charge in [-0.25, -0.2) is 13.6 Å². The molecule has 2 aromatic carbocycles. The van der Waals surface area contributed by atoms with Crippen molar-refractivity contribution in [1.29, 1.82) is 0 Å². The Hall–Kier alpha value is -2.55. The predicted octanol–water partition coefficient (Wildman–Crippen LogP) is 4.13. The quantitative estimate of drug-likeness (QED) is 0.635. The van der Waals surface area contributed by atoms with Crippen LogP contribution in [0.2, 0.25) is 5.02 Å². The Bertz CT molecular complexity index is 1050. The largest absolute Gasteiger partial charge is 0.416 e. The van der Waals surface area contributed by atoms with Crippen molar-refractivity contribution >= 4 is 23.5 Å². The molecule has 34 heavy (non-hydrogen) atoms. The smallest absolute Gasteiger partial charge is 0.410 e. The molecule has 0 saturated carbocycles. The summed E-state index contributed by atoms with van der Waals surface area (Å²) in [7, 11) is 0. The van der Waals surface area contributed by atoms with Gasteiger partial charge >= 0.3 is 6.09 Å². The molecule has 1 amide bonds. The van der Waals surface area contributed by atoms with Gasteiger partial charge in [0.1, 0.15) is 22.9 Å². The third-order valence-electron chi connectivity index (χ3n) is 6.84. The lowest BCUT2D eigenvalue weighted by Gasteiger charge is -2.44. The summed E-state index contributed by atoms with van der Waals surface area (Å²) in [6.45, 7) is 4.01. The van der Waals surface area contributed by atoms with E-state index in [1.54, 1.807) is 13.0 Å². The molecule has 2 fully saturated rings. The highest BCUT2D eigenvalue weighted by Crippen LogP contribution is 2.41. The molecule has 182 valence electrons. The Labute approximate surface area is 202 Å². The lowest BCUT2D eigenvalue weighted by molar-refractivity contribution is -0.135. The van der Waals surface area contributed by atoms with Crippen molar-refractivity contribution in [3.8, 4) is 5.75 Å². The van der Waals surface area contributed by atoms with Crippen LogP contribution in [0.1, 0.15) is 31.2 Å². The number of ether oxygens (including phenoxy) is 1. The zero-order valence-electron chi connectivity index (χ0n) is 19.0. The Morgan fingerprint density at radius 2 is 1.82 bits per heavy atom. The molecular weight excluding hydrogens is 464 g/mol. The fraction of sp³-hybridized carbons (Fsp3) is 0.440. The summed E-state index contributed by atoms with van der Waals surface area (Å²) in [5.41, 5.74) is -0.684. The second-order valence-electron chi connectivity index (χ2n) is 8.74. The topological polar surface area (TPSA) is 70.7 Å². The van der Waals surface area contributed by atoms with Crippen LogP contribution in [0.3, 0.4) is 0 Å². The van der Waals surface area contributed by atoms with Crippen molar-refractivity contribution in [3.05, 3.63) is 64.7 Å². The van der Waals surface area contributed by atoms with Crippen LogP contribution >= 0.6 is 11.6 Å². The molecule has 2 atom stereocenters. The van der Waals surface area contributed by atoms with Crippen LogP contribution < -0.4 is 15.4 Å². The van der Waals surface area contributed by atoms with E-state index in [9.17, 15) is 18.4 Å². The van der Waals surface area contributed by atoms with Crippen LogP contribution in [0, 0.1) is 17.6 Å². The number of hydrogen-bond donors (Lipinski definition) is 2. The average molecular weight is 492 g/mol. The molecule has 4 rings (SSSR count). The minimum atomic E-state index is -1.27. The zero-order valence-corrected chi connectivity index (χ0v) is 19.7. The van der Waals surface area contributed by atoms with E-state index in [1.165, 1.54) is 41.3 Å². The first-order chi connectivity index (χ1) is 16.4. The van der Waals surface area contributed by atoms with E-state index in [2.05, 4.69) is 10.6 Å². The summed E-state index contributed by atoms with van der Waals surface area (Å²) < 4.78 is 33.3. The normalized spacial score (nSPS) is 23.0. The molecule has 9 heteroatoms. The number of piperidine rings is 1. The average Bonchev–Trinajstić information content (AvgIpc) is 3.28. The van der Waals surface area contributed by atoms with Crippen molar-refractivity contribution in [2.24, 2.45) is 5.92 Å². The molecule has 0 radical (unpaired) electrons. The molecule has 0 aromatic heterocycles. The lowest BCUT2D eigenvalue weighted by atomic mass is 9.72. The molecule has 2 aliphatic rings. The van der Waals surface area contributed by atoms with Crippen LogP contribution in [-0.2, 0) is 4.79 Å². The fourth-order valence-corrected chi connectivity index (χ4v) is 5.29. The Morgan fingerprint density at radius 3 is 2.47 bits per heavy atom. The first-order valence-electron chi connectivity index (χ1n) is 11.5. The van der Waals surface area contributed by atoms with Gasteiger partial charge in [-0.1, -0.05) is 17.7 Å². The van der Waals surface area contributed by atoms with Gasteiger partial charge in [0.05, 0.1) is 5.02 Å². The van der Waals surface area contributed by atoms with E-state index in [4.69, 9.17) is 16.3 Å². The third kappa shape index (κ3) is 4.67. The highest BCUT2D eigenvalue weighted by molar-refractivity contribution is 6.30. The number of ketones is 1. The van der Waals surface area contributed by atoms with Crippen LogP contribution in [0.4, 0.5) is 13.6 Å². The molecule has 2 N–H and O–H groups in total. The number of Topliss-reactive ketones (excluding diaryl/α,β-unsaturated/α-hetero) is 1. The summed E-state index contributed by atoms with van der Waals surface area (Å²) in [6.07, 6.45) is 0.610. The standard InChI is InChI=1S/C25H28ClF2N3O3/c1-2-31(24(33)34-19-6-4-18(27)5-7-19)25(23(32)16-9-11-29-12-10-16)15-30-14-20(25)17-3-8-21(26)22(28)13-17/h3-8,13,16,20,29-30H,2,9-12,14-15H2,1H3/t20-,25+/m0/s1. The molecular formula is C25H28ClF2N3O3. The molecule has 2 aromatic rings. The second-order valence-corrected chi connectivity index (χ2v) is 9.14. The van der Waals surface area contributed by atoms with Crippen molar-refractivity contribution in [2.75, 3.05) is 32.7 Å². The summed E-state index contributed by atoms with van der Waals surface area (Å²) in [4.78, 5) is 29.0. The van der Waals surface area contributed by atoms with Crippen molar-refractivity contribution in [1.82, 2.24) is 15.5 Å². The van der Waals surface area contributed by atoms with Gasteiger partial charge in [-0.3, -0.25) is 9.69 Å². The van der Waals surface area contributed by atoms with Gasteiger partial charge in [0.25, 0.3) is 0 Å². The Balaban J connectivity index is 1.75. The van der Waals surface area contributed by atoms with Crippen molar-refractivity contribution in [2.45, 2.75) is 31.2 Å². The molecule has 6 nitrogen and oxygen atoms in total. The maximum absolute atomic E-state index is 14.4. The molecule has 0 bridgehead atoms. The van der Waals surface area contributed by atoms with E-state index < -0.39 is 29.2 Å². The SMILES string of the molecule is CCN(C(=O)Oc1ccc(F)cc1)[C@]1(C(=O)C2CCNCC2)CNC[C@H]1c1ccc(Cl)c(F)c1. The monoisotopic (exact) mass is 491 g/mol. The van der Waals surface area contributed by atoms with E-state index in [-0.39, 0.29) is 35.6 Å². The van der Waals surface area contributed by atoms with E-state index in [0.717, 1.165) is 0 Å². The van der Waals surface area contributed by atoms with E-state index in [0.29, 0.717) is 38.0 Å².